The lowest BCUT2D eigenvalue weighted by Gasteiger charge is -2.04. The van der Waals surface area contributed by atoms with Crippen LogP contribution in [0.5, 0.6) is 5.75 Å². The molecule has 0 aliphatic carbocycles. The van der Waals surface area contributed by atoms with Gasteiger partial charge in [-0.1, -0.05) is 13.2 Å². The summed E-state index contributed by atoms with van der Waals surface area (Å²) in [6.45, 7) is 11.6. The van der Waals surface area contributed by atoms with Gasteiger partial charge < -0.3 is 18.6 Å². The Morgan fingerprint density at radius 1 is 1.20 bits per heavy atom. The van der Waals surface area contributed by atoms with Crippen LogP contribution >= 0.6 is 0 Å². The van der Waals surface area contributed by atoms with Crippen LogP contribution in [-0.4, -0.2) is 19.7 Å². The van der Waals surface area contributed by atoms with Crippen molar-refractivity contribution in [3.8, 4) is 5.75 Å². The highest BCUT2D eigenvalue weighted by Gasteiger charge is 2.09. The highest BCUT2D eigenvalue weighted by molar-refractivity contribution is 5.90. The highest BCUT2D eigenvalue weighted by Crippen LogP contribution is 2.28. The van der Waals surface area contributed by atoms with E-state index in [1.54, 1.807) is 20.1 Å². The molecule has 0 aliphatic heterocycles. The molecule has 2 rings (SSSR count). The van der Waals surface area contributed by atoms with Gasteiger partial charge >= 0.3 is 5.97 Å². The van der Waals surface area contributed by atoms with Crippen LogP contribution < -0.4 is 4.74 Å². The van der Waals surface area contributed by atoms with Gasteiger partial charge in [0.15, 0.2) is 0 Å². The Balaban J connectivity index is 1.98. The van der Waals surface area contributed by atoms with Crippen molar-refractivity contribution in [2.24, 2.45) is 0 Å². The third kappa shape index (κ3) is 4.76. The van der Waals surface area contributed by atoms with E-state index in [1.165, 1.54) is 6.08 Å². The second-order valence-electron chi connectivity index (χ2n) is 5.41. The van der Waals surface area contributed by atoms with Gasteiger partial charge in [-0.3, -0.25) is 0 Å². The van der Waals surface area contributed by atoms with Crippen molar-refractivity contribution in [2.45, 2.75) is 20.5 Å². The fourth-order valence-corrected chi connectivity index (χ4v) is 2.23. The smallest absolute Gasteiger partial charge is 0.337 e. The van der Waals surface area contributed by atoms with Gasteiger partial charge in [0.1, 0.15) is 29.5 Å². The number of hydrogen-bond donors (Lipinski definition) is 0. The van der Waals surface area contributed by atoms with E-state index in [-0.39, 0.29) is 12.2 Å². The van der Waals surface area contributed by atoms with E-state index in [9.17, 15) is 4.79 Å². The highest BCUT2D eigenvalue weighted by atomic mass is 16.5. The van der Waals surface area contributed by atoms with Gasteiger partial charge in [-0.2, -0.15) is 0 Å². The molecule has 132 valence electrons. The van der Waals surface area contributed by atoms with Crippen LogP contribution in [0.25, 0.3) is 11.0 Å². The molecule has 0 N–H and O–H groups in total. The molecule has 2 aromatic rings. The molecule has 1 aromatic carbocycles. The molecule has 1 aromatic heterocycles. The van der Waals surface area contributed by atoms with Crippen LogP contribution in [0.15, 0.2) is 59.3 Å². The minimum atomic E-state index is -0.465. The van der Waals surface area contributed by atoms with Crippen LogP contribution in [0.4, 0.5) is 0 Å². The molecule has 1 heterocycles. The number of fused-ring (bicyclic) bond motifs is 1. The van der Waals surface area contributed by atoms with E-state index in [0.29, 0.717) is 18.1 Å². The monoisotopic (exact) mass is 342 g/mol. The number of carbonyl (C=O) groups excluding carboxylic acids is 1. The van der Waals surface area contributed by atoms with Crippen LogP contribution in [0.1, 0.15) is 18.2 Å². The molecule has 0 atom stereocenters. The molecule has 0 bridgehead atoms. The first-order chi connectivity index (χ1) is 11.9. The molecule has 0 spiro atoms. The molecule has 5 nitrogen and oxygen atoms in total. The fraction of sp³-hybridized carbons (Fsp3) is 0.250. The number of esters is 1. The molecule has 0 aliphatic rings. The van der Waals surface area contributed by atoms with E-state index >= 15 is 0 Å². The summed E-state index contributed by atoms with van der Waals surface area (Å²) < 4.78 is 21.5. The number of allylic oxidation sites excluding steroid dienone is 1. The normalized spacial score (nSPS) is 10.8. The van der Waals surface area contributed by atoms with E-state index in [4.69, 9.17) is 18.6 Å². The first kappa shape index (κ1) is 18.4. The number of furan rings is 1. The Morgan fingerprint density at radius 3 is 2.64 bits per heavy atom. The number of aryl methyl sites for hydroxylation is 1. The molecule has 0 radical (unpaired) electrons. The van der Waals surface area contributed by atoms with Gasteiger partial charge in [0.05, 0.1) is 19.3 Å². The number of hydrogen-bond acceptors (Lipinski definition) is 5. The number of ether oxygens (including phenoxy) is 3. The number of rotatable bonds is 8. The quantitative estimate of drug-likeness (QED) is 0.307. The Labute approximate surface area is 147 Å². The summed E-state index contributed by atoms with van der Waals surface area (Å²) in [6, 6.07) is 5.73. The Morgan fingerprint density at radius 2 is 1.96 bits per heavy atom. The van der Waals surface area contributed by atoms with Crippen molar-refractivity contribution in [3.63, 3.8) is 0 Å². The van der Waals surface area contributed by atoms with Gasteiger partial charge in [-0.15, -0.1) is 0 Å². The summed E-state index contributed by atoms with van der Waals surface area (Å²) in [5.74, 6) is 1.38. The van der Waals surface area contributed by atoms with Crippen molar-refractivity contribution >= 4 is 16.9 Å². The lowest BCUT2D eigenvalue weighted by atomic mass is 10.1. The average molecular weight is 342 g/mol. The molecule has 25 heavy (non-hydrogen) atoms. The average Bonchev–Trinajstić information content (AvgIpc) is 3.01. The standard InChI is InChI=1S/C20H22O5/c1-6-23-20(21)13(2)7-8-15(4)24-12-18-11-16-10-17(22-5)9-14(3)19(16)25-18/h7-11H,2,4,6,12H2,1,3,5H3/b8-7-. The minimum absolute atomic E-state index is 0.228. The molecule has 0 saturated heterocycles. The second kappa shape index (κ2) is 8.24. The fourth-order valence-electron chi connectivity index (χ4n) is 2.23. The maximum Gasteiger partial charge on any atom is 0.337 e. The molecule has 0 amide bonds. The molecule has 5 heteroatoms. The Hall–Kier alpha value is -2.95. The summed E-state index contributed by atoms with van der Waals surface area (Å²) >= 11 is 0. The zero-order valence-electron chi connectivity index (χ0n) is 14.8. The van der Waals surface area contributed by atoms with Crippen LogP contribution in [0, 0.1) is 6.92 Å². The molecule has 0 saturated carbocycles. The summed E-state index contributed by atoms with van der Waals surface area (Å²) in [6.07, 6.45) is 3.07. The van der Waals surface area contributed by atoms with E-state index in [0.717, 1.165) is 22.3 Å². The first-order valence-corrected chi connectivity index (χ1v) is 7.87. The van der Waals surface area contributed by atoms with Crippen molar-refractivity contribution < 1.29 is 23.4 Å². The molecular formula is C20H22O5. The van der Waals surface area contributed by atoms with Crippen LogP contribution in [-0.2, 0) is 20.9 Å². The van der Waals surface area contributed by atoms with Gasteiger partial charge in [0.25, 0.3) is 0 Å². The molecule has 0 unspecified atom stereocenters. The van der Waals surface area contributed by atoms with E-state index in [1.807, 2.05) is 25.1 Å². The SMILES string of the molecule is C=C(/C=C\C(=C)C(=O)OCC)OCc1cc2cc(OC)cc(C)c2o1. The maximum absolute atomic E-state index is 11.4. The van der Waals surface area contributed by atoms with Crippen molar-refractivity contribution in [1.82, 2.24) is 0 Å². The van der Waals surface area contributed by atoms with Gasteiger partial charge in [0, 0.05) is 5.39 Å². The van der Waals surface area contributed by atoms with Crippen molar-refractivity contribution in [1.29, 1.82) is 0 Å². The van der Waals surface area contributed by atoms with E-state index < -0.39 is 5.97 Å². The predicted octanol–water partition coefficient (Wildman–Crippen LogP) is 4.46. The third-order valence-corrected chi connectivity index (χ3v) is 3.47. The minimum Gasteiger partial charge on any atom is -0.497 e. The zero-order chi connectivity index (χ0) is 18.4. The Bertz CT molecular complexity index is 826. The number of methoxy groups -OCH3 is 1. The van der Waals surface area contributed by atoms with Gasteiger partial charge in [-0.05, 0) is 49.8 Å². The first-order valence-electron chi connectivity index (χ1n) is 7.87. The summed E-state index contributed by atoms with van der Waals surface area (Å²) in [5.41, 5.74) is 2.03. The van der Waals surface area contributed by atoms with Gasteiger partial charge in [0.2, 0.25) is 0 Å². The number of carbonyl (C=O) groups is 1. The second-order valence-corrected chi connectivity index (χ2v) is 5.41. The van der Waals surface area contributed by atoms with Crippen molar-refractivity contribution in [3.05, 3.63) is 66.2 Å². The molecular weight excluding hydrogens is 320 g/mol. The number of benzene rings is 1. The topological polar surface area (TPSA) is 57.9 Å². The van der Waals surface area contributed by atoms with Gasteiger partial charge in [-0.25, -0.2) is 4.79 Å². The van der Waals surface area contributed by atoms with Crippen molar-refractivity contribution in [2.75, 3.05) is 13.7 Å². The Kier molecular flexibility index (Phi) is 6.06. The maximum atomic E-state index is 11.4. The zero-order valence-corrected chi connectivity index (χ0v) is 14.8. The predicted molar refractivity (Wildman–Crippen MR) is 96.3 cm³/mol. The largest absolute Gasteiger partial charge is 0.497 e. The summed E-state index contributed by atoms with van der Waals surface area (Å²) in [5, 5.41) is 0.951. The summed E-state index contributed by atoms with van der Waals surface area (Å²) in [4.78, 5) is 11.4. The lowest BCUT2D eigenvalue weighted by molar-refractivity contribution is -0.138. The third-order valence-electron chi connectivity index (χ3n) is 3.47. The van der Waals surface area contributed by atoms with Crippen LogP contribution in [0.2, 0.25) is 0 Å². The van der Waals surface area contributed by atoms with Crippen LogP contribution in [0.3, 0.4) is 0 Å². The summed E-state index contributed by atoms with van der Waals surface area (Å²) in [7, 11) is 1.63. The van der Waals surface area contributed by atoms with E-state index in [2.05, 4.69) is 13.2 Å². The lowest BCUT2D eigenvalue weighted by Crippen LogP contribution is -2.04. The molecule has 0 fully saturated rings.